The number of rotatable bonds is 9. The topological polar surface area (TPSA) is 90.4 Å². The van der Waals surface area contributed by atoms with Gasteiger partial charge < -0.3 is 19.6 Å². The molecule has 0 saturated carbocycles. The van der Waals surface area contributed by atoms with E-state index in [1.807, 2.05) is 32.0 Å². The zero-order valence-electron chi connectivity index (χ0n) is 19.9. The number of esters is 1. The van der Waals surface area contributed by atoms with Gasteiger partial charge in [0.25, 0.3) is 0 Å². The first kappa shape index (κ1) is 25.6. The van der Waals surface area contributed by atoms with Gasteiger partial charge in [-0.15, -0.1) is 0 Å². The third-order valence-electron chi connectivity index (χ3n) is 6.11. The van der Waals surface area contributed by atoms with Crippen LogP contribution < -0.4 is 0 Å². The molecular formula is C24H37N3O5. The van der Waals surface area contributed by atoms with E-state index < -0.39 is 11.5 Å². The van der Waals surface area contributed by atoms with E-state index in [-0.39, 0.29) is 30.4 Å². The van der Waals surface area contributed by atoms with Crippen LogP contribution in [0.3, 0.4) is 0 Å². The molecule has 0 radical (unpaired) electrons. The average molecular weight is 448 g/mol. The first-order valence-corrected chi connectivity index (χ1v) is 11.2. The van der Waals surface area contributed by atoms with Gasteiger partial charge in [0, 0.05) is 45.2 Å². The molecule has 0 aromatic heterocycles. The Hall–Kier alpha value is -2.61. The quantitative estimate of drug-likeness (QED) is 0.585. The van der Waals surface area contributed by atoms with Crippen LogP contribution in [0.2, 0.25) is 0 Å². The van der Waals surface area contributed by atoms with E-state index in [9.17, 15) is 19.5 Å². The molecule has 1 aliphatic heterocycles. The lowest BCUT2D eigenvalue weighted by atomic mass is 9.87. The number of carbonyl (C=O) groups is 3. The minimum Gasteiger partial charge on any atom is -0.469 e. The fourth-order valence-corrected chi connectivity index (χ4v) is 4.08. The second-order valence-electron chi connectivity index (χ2n) is 9.37. The zero-order valence-corrected chi connectivity index (χ0v) is 19.9. The minimum absolute atomic E-state index is 0.0797. The van der Waals surface area contributed by atoms with Gasteiger partial charge in [-0.2, -0.15) is 0 Å². The van der Waals surface area contributed by atoms with Gasteiger partial charge in [-0.3, -0.25) is 14.5 Å². The summed E-state index contributed by atoms with van der Waals surface area (Å²) in [5, 5.41) is 9.73. The number of carbonyl (C=O) groups excluding carboxylic acids is 2. The van der Waals surface area contributed by atoms with Gasteiger partial charge in [0.15, 0.2) is 0 Å². The molecular weight excluding hydrogens is 410 g/mol. The maximum Gasteiger partial charge on any atom is 0.407 e. The third-order valence-corrected chi connectivity index (χ3v) is 6.11. The highest BCUT2D eigenvalue weighted by Gasteiger charge is 2.35. The highest BCUT2D eigenvalue weighted by molar-refractivity contribution is 5.79. The molecule has 2 amide bonds. The molecule has 1 fully saturated rings. The standard InChI is InChI=1S/C24H37N3O5/c1-18(2)27(21(28)11-12-24(3,4)22(29)32-5)17-20-16-25(13-14-26(20)23(30)31)15-19-9-7-6-8-10-19/h6-10,18,20H,11-17H2,1-5H3,(H,30,31)/t20-/m0/s1. The first-order chi connectivity index (χ1) is 15.0. The van der Waals surface area contributed by atoms with Crippen LogP contribution in [0, 0.1) is 5.41 Å². The van der Waals surface area contributed by atoms with Crippen molar-refractivity contribution in [1.29, 1.82) is 0 Å². The molecule has 1 atom stereocenters. The summed E-state index contributed by atoms with van der Waals surface area (Å²) in [5.41, 5.74) is 0.425. The number of methoxy groups -OCH3 is 1. The van der Waals surface area contributed by atoms with Crippen molar-refractivity contribution in [3.05, 3.63) is 35.9 Å². The molecule has 0 bridgehead atoms. The van der Waals surface area contributed by atoms with E-state index >= 15 is 0 Å². The van der Waals surface area contributed by atoms with E-state index in [2.05, 4.69) is 17.0 Å². The lowest BCUT2D eigenvalue weighted by Gasteiger charge is -2.43. The summed E-state index contributed by atoms with van der Waals surface area (Å²) in [7, 11) is 1.34. The molecule has 1 aromatic carbocycles. The molecule has 1 aliphatic rings. The number of carboxylic acid groups (broad SMARTS) is 1. The molecule has 1 aromatic rings. The summed E-state index contributed by atoms with van der Waals surface area (Å²) in [6.45, 7) is 10.1. The maximum atomic E-state index is 13.1. The van der Waals surface area contributed by atoms with Crippen molar-refractivity contribution in [2.75, 3.05) is 33.3 Å². The molecule has 2 rings (SSSR count). The average Bonchev–Trinajstić information content (AvgIpc) is 2.75. The normalized spacial score (nSPS) is 17.3. The molecule has 32 heavy (non-hydrogen) atoms. The number of ether oxygens (including phenoxy) is 1. The van der Waals surface area contributed by atoms with Gasteiger partial charge in [0.2, 0.25) is 5.91 Å². The van der Waals surface area contributed by atoms with Crippen LogP contribution in [0.4, 0.5) is 4.79 Å². The number of hydrogen-bond donors (Lipinski definition) is 1. The Balaban J connectivity index is 2.08. The van der Waals surface area contributed by atoms with Gasteiger partial charge in [-0.25, -0.2) is 4.79 Å². The smallest absolute Gasteiger partial charge is 0.407 e. The van der Waals surface area contributed by atoms with Crippen LogP contribution in [0.15, 0.2) is 30.3 Å². The van der Waals surface area contributed by atoms with Gasteiger partial charge in [0.1, 0.15) is 0 Å². The van der Waals surface area contributed by atoms with E-state index in [1.54, 1.807) is 18.7 Å². The molecule has 0 aliphatic carbocycles. The lowest BCUT2D eigenvalue weighted by molar-refractivity contribution is -0.151. The third kappa shape index (κ3) is 6.95. The van der Waals surface area contributed by atoms with Crippen molar-refractivity contribution in [3.8, 4) is 0 Å². The van der Waals surface area contributed by atoms with Crippen LogP contribution in [0.25, 0.3) is 0 Å². The van der Waals surface area contributed by atoms with Crippen molar-refractivity contribution < 1.29 is 24.2 Å². The number of hydrogen-bond acceptors (Lipinski definition) is 5. The Bertz CT molecular complexity index is 781. The second kappa shape index (κ2) is 11.3. The first-order valence-electron chi connectivity index (χ1n) is 11.2. The summed E-state index contributed by atoms with van der Waals surface area (Å²) >= 11 is 0. The van der Waals surface area contributed by atoms with E-state index in [4.69, 9.17) is 4.74 Å². The summed E-state index contributed by atoms with van der Waals surface area (Å²) < 4.78 is 4.84. The highest BCUT2D eigenvalue weighted by atomic mass is 16.5. The largest absolute Gasteiger partial charge is 0.469 e. The van der Waals surface area contributed by atoms with Crippen LogP contribution in [0.1, 0.15) is 46.1 Å². The Kier molecular flexibility index (Phi) is 9.07. The van der Waals surface area contributed by atoms with Crippen molar-refractivity contribution >= 4 is 18.0 Å². The zero-order chi connectivity index (χ0) is 23.9. The fraction of sp³-hybridized carbons (Fsp3) is 0.625. The second-order valence-corrected chi connectivity index (χ2v) is 9.37. The van der Waals surface area contributed by atoms with Crippen molar-refractivity contribution in [2.24, 2.45) is 5.41 Å². The van der Waals surface area contributed by atoms with Crippen LogP contribution in [-0.2, 0) is 20.9 Å². The molecule has 0 spiro atoms. The molecule has 178 valence electrons. The van der Waals surface area contributed by atoms with Crippen LogP contribution in [0.5, 0.6) is 0 Å². The number of nitrogens with zero attached hydrogens (tertiary/aromatic N) is 3. The number of amides is 2. The van der Waals surface area contributed by atoms with Gasteiger partial charge in [-0.1, -0.05) is 30.3 Å². The van der Waals surface area contributed by atoms with Crippen LogP contribution >= 0.6 is 0 Å². The Morgan fingerprint density at radius 2 is 1.84 bits per heavy atom. The molecule has 8 heteroatoms. The minimum atomic E-state index is -0.961. The summed E-state index contributed by atoms with van der Waals surface area (Å²) in [6.07, 6.45) is -0.388. The van der Waals surface area contributed by atoms with Crippen molar-refractivity contribution in [1.82, 2.24) is 14.7 Å². The van der Waals surface area contributed by atoms with E-state index in [0.717, 1.165) is 6.54 Å². The van der Waals surface area contributed by atoms with Crippen molar-refractivity contribution in [2.45, 2.75) is 59.2 Å². The summed E-state index contributed by atoms with van der Waals surface area (Å²) in [4.78, 5) is 42.3. The van der Waals surface area contributed by atoms with Crippen molar-refractivity contribution in [3.63, 3.8) is 0 Å². The molecule has 0 unspecified atom stereocenters. The Morgan fingerprint density at radius 3 is 2.41 bits per heavy atom. The van der Waals surface area contributed by atoms with Gasteiger partial charge >= 0.3 is 12.1 Å². The number of piperazine rings is 1. The molecule has 1 saturated heterocycles. The predicted molar refractivity (Wildman–Crippen MR) is 122 cm³/mol. The van der Waals surface area contributed by atoms with E-state index in [1.165, 1.54) is 17.6 Å². The predicted octanol–water partition coefficient (Wildman–Crippen LogP) is 3.07. The fourth-order valence-electron chi connectivity index (χ4n) is 4.08. The maximum absolute atomic E-state index is 13.1. The number of benzene rings is 1. The van der Waals surface area contributed by atoms with E-state index in [0.29, 0.717) is 32.6 Å². The molecule has 8 nitrogen and oxygen atoms in total. The SMILES string of the molecule is COC(=O)C(C)(C)CCC(=O)N(C[C@@H]1CN(Cc2ccccc2)CCN1C(=O)O)C(C)C. The highest BCUT2D eigenvalue weighted by Crippen LogP contribution is 2.25. The van der Waals surface area contributed by atoms with Gasteiger partial charge in [0.05, 0.1) is 18.6 Å². The Morgan fingerprint density at radius 1 is 1.19 bits per heavy atom. The van der Waals surface area contributed by atoms with Crippen LogP contribution in [-0.4, -0.2) is 83.1 Å². The van der Waals surface area contributed by atoms with Gasteiger partial charge in [-0.05, 0) is 39.7 Å². The Labute approximate surface area is 191 Å². The lowest BCUT2D eigenvalue weighted by Crippen LogP contribution is -2.59. The molecule has 1 N–H and O–H groups in total. The molecule has 1 heterocycles. The monoisotopic (exact) mass is 447 g/mol. The summed E-state index contributed by atoms with van der Waals surface area (Å²) in [6, 6.07) is 9.69. The summed E-state index contributed by atoms with van der Waals surface area (Å²) in [5.74, 6) is -0.426.